The van der Waals surface area contributed by atoms with Crippen LogP contribution in [0.25, 0.3) is 0 Å². The van der Waals surface area contributed by atoms with Crippen LogP contribution in [0.3, 0.4) is 0 Å². The number of hydrogen-bond acceptors (Lipinski definition) is 2. The normalized spacial score (nSPS) is 12.0. The van der Waals surface area contributed by atoms with Gasteiger partial charge in [0.15, 0.2) is 5.96 Å². The molecule has 23 heavy (non-hydrogen) atoms. The first-order valence-electron chi connectivity index (χ1n) is 7.76. The van der Waals surface area contributed by atoms with Crippen molar-refractivity contribution < 1.29 is 4.79 Å². The molecule has 1 aromatic rings. The van der Waals surface area contributed by atoms with Crippen LogP contribution in [-0.4, -0.2) is 44.0 Å². The first kappa shape index (κ1) is 19.5. The molecule has 0 aliphatic rings. The second-order valence-electron chi connectivity index (χ2n) is 6.12. The number of rotatable bonds is 6. The van der Waals surface area contributed by atoms with E-state index in [-0.39, 0.29) is 5.91 Å². The first-order valence-corrected chi connectivity index (χ1v) is 8.55. The molecule has 0 fully saturated rings. The molecule has 0 saturated carbocycles. The summed E-state index contributed by atoms with van der Waals surface area (Å²) in [5.41, 5.74) is 0.667. The molecule has 1 amide bonds. The second kappa shape index (κ2) is 8.91. The summed E-state index contributed by atoms with van der Waals surface area (Å²) in [5.74, 6) is 0.792. The van der Waals surface area contributed by atoms with Crippen molar-refractivity contribution in [3.8, 4) is 0 Å². The number of nitrogens with one attached hydrogen (secondary N) is 2. The van der Waals surface area contributed by atoms with Crippen molar-refractivity contribution in [2.75, 3.05) is 27.2 Å². The number of halogens is 1. The summed E-state index contributed by atoms with van der Waals surface area (Å²) in [6.45, 7) is 7.79. The molecule has 128 valence electrons. The van der Waals surface area contributed by atoms with Crippen LogP contribution in [0.2, 0.25) is 0 Å². The maximum absolute atomic E-state index is 11.9. The van der Waals surface area contributed by atoms with Crippen molar-refractivity contribution in [3.05, 3.63) is 34.3 Å². The summed E-state index contributed by atoms with van der Waals surface area (Å²) in [6.07, 6.45) is 0. The Kier molecular flexibility index (Phi) is 7.55. The quantitative estimate of drug-likeness (QED) is 0.587. The van der Waals surface area contributed by atoms with Crippen molar-refractivity contribution in [2.24, 2.45) is 10.4 Å². The van der Waals surface area contributed by atoms with E-state index in [1.54, 1.807) is 7.05 Å². The summed E-state index contributed by atoms with van der Waals surface area (Å²) in [6, 6.07) is 8.22. The number of carbonyl (C=O) groups is 1. The largest absolute Gasteiger partial charge is 0.359 e. The van der Waals surface area contributed by atoms with Gasteiger partial charge in [0.25, 0.3) is 0 Å². The number of aliphatic imine (C=N–C) groups is 1. The van der Waals surface area contributed by atoms with E-state index >= 15 is 0 Å². The van der Waals surface area contributed by atoms with E-state index in [0.29, 0.717) is 6.54 Å². The van der Waals surface area contributed by atoms with E-state index in [2.05, 4.69) is 48.6 Å². The first-order chi connectivity index (χ1) is 10.8. The predicted octanol–water partition coefficient (Wildman–Crippen LogP) is 2.62. The van der Waals surface area contributed by atoms with Gasteiger partial charge in [-0.3, -0.25) is 9.79 Å². The Morgan fingerprint density at radius 3 is 2.43 bits per heavy atom. The molecule has 0 spiro atoms. The van der Waals surface area contributed by atoms with Crippen molar-refractivity contribution in [2.45, 2.75) is 27.3 Å². The lowest BCUT2D eigenvalue weighted by Gasteiger charge is -2.25. The highest BCUT2D eigenvalue weighted by Gasteiger charge is 2.26. The van der Waals surface area contributed by atoms with Crippen molar-refractivity contribution in [3.63, 3.8) is 0 Å². The second-order valence-corrected chi connectivity index (χ2v) is 7.03. The molecule has 0 radical (unpaired) electrons. The molecular formula is C17H27BrN4O. The zero-order valence-corrected chi connectivity index (χ0v) is 16.2. The van der Waals surface area contributed by atoms with Crippen LogP contribution >= 0.6 is 15.9 Å². The average Bonchev–Trinajstić information content (AvgIpc) is 2.52. The van der Waals surface area contributed by atoms with Gasteiger partial charge in [-0.05, 0) is 38.5 Å². The van der Waals surface area contributed by atoms with Crippen LogP contribution in [0.5, 0.6) is 0 Å². The van der Waals surface area contributed by atoms with Gasteiger partial charge < -0.3 is 15.5 Å². The Balaban J connectivity index is 2.81. The van der Waals surface area contributed by atoms with E-state index in [1.165, 1.54) is 5.56 Å². The minimum Gasteiger partial charge on any atom is -0.359 e. The van der Waals surface area contributed by atoms with Crippen LogP contribution in [0, 0.1) is 5.41 Å². The molecule has 0 saturated heterocycles. The Morgan fingerprint density at radius 1 is 1.30 bits per heavy atom. The van der Waals surface area contributed by atoms with Crippen LogP contribution in [0.4, 0.5) is 0 Å². The number of carbonyl (C=O) groups excluding carboxylic acids is 1. The maximum atomic E-state index is 11.9. The van der Waals surface area contributed by atoms with Crippen molar-refractivity contribution >= 4 is 27.8 Å². The molecule has 1 aromatic carbocycles. The summed E-state index contributed by atoms with van der Waals surface area (Å²) < 4.78 is 1.07. The molecule has 6 heteroatoms. The summed E-state index contributed by atoms with van der Waals surface area (Å²) in [5, 5.41) is 5.97. The van der Waals surface area contributed by atoms with Gasteiger partial charge >= 0.3 is 0 Å². The van der Waals surface area contributed by atoms with Crippen molar-refractivity contribution in [1.82, 2.24) is 15.5 Å². The lowest BCUT2D eigenvalue weighted by molar-refractivity contribution is -0.128. The van der Waals surface area contributed by atoms with Crippen LogP contribution in [0.1, 0.15) is 26.3 Å². The molecular weight excluding hydrogens is 356 g/mol. The molecule has 0 aliphatic heterocycles. The zero-order chi connectivity index (χ0) is 17.5. The van der Waals surface area contributed by atoms with E-state index in [9.17, 15) is 4.79 Å². The van der Waals surface area contributed by atoms with E-state index in [4.69, 9.17) is 0 Å². The maximum Gasteiger partial charge on any atom is 0.227 e. The topological polar surface area (TPSA) is 56.7 Å². The van der Waals surface area contributed by atoms with Gasteiger partial charge in [0.2, 0.25) is 5.91 Å². The molecule has 0 aromatic heterocycles. The van der Waals surface area contributed by atoms with Gasteiger partial charge in [-0.2, -0.15) is 0 Å². The highest BCUT2D eigenvalue weighted by atomic mass is 79.9. The van der Waals surface area contributed by atoms with Gasteiger partial charge in [-0.1, -0.05) is 28.1 Å². The Hall–Kier alpha value is -1.56. The van der Waals surface area contributed by atoms with Gasteiger partial charge in [0.05, 0.1) is 12.0 Å². The highest BCUT2D eigenvalue weighted by molar-refractivity contribution is 9.10. The van der Waals surface area contributed by atoms with Gasteiger partial charge in [0.1, 0.15) is 0 Å². The van der Waals surface area contributed by atoms with Gasteiger partial charge in [-0.15, -0.1) is 0 Å². The molecule has 2 N–H and O–H groups in total. The third kappa shape index (κ3) is 6.22. The third-order valence-electron chi connectivity index (χ3n) is 3.50. The standard InChI is InChI=1S/C17H27BrN4O/c1-6-20-16(21-12-17(2,3)15(23)19-4)22(5)11-13-7-9-14(18)10-8-13/h7-10H,6,11-12H2,1-5H3,(H,19,23)(H,20,21). The van der Waals surface area contributed by atoms with Crippen LogP contribution in [0.15, 0.2) is 33.7 Å². The fraction of sp³-hybridized carbons (Fsp3) is 0.529. The molecule has 5 nitrogen and oxygen atoms in total. The third-order valence-corrected chi connectivity index (χ3v) is 4.02. The SMILES string of the molecule is CCNC(=NCC(C)(C)C(=O)NC)N(C)Cc1ccc(Br)cc1. The average molecular weight is 383 g/mol. The number of amides is 1. The number of benzene rings is 1. The monoisotopic (exact) mass is 382 g/mol. The summed E-state index contributed by atoms with van der Waals surface area (Å²) >= 11 is 3.44. The molecule has 1 rings (SSSR count). The van der Waals surface area contributed by atoms with Gasteiger partial charge in [-0.25, -0.2) is 0 Å². The van der Waals surface area contributed by atoms with E-state index in [0.717, 1.165) is 23.5 Å². The molecule has 0 aliphatic carbocycles. The fourth-order valence-corrected chi connectivity index (χ4v) is 2.36. The minimum atomic E-state index is -0.534. The zero-order valence-electron chi connectivity index (χ0n) is 14.6. The molecule has 0 heterocycles. The Bertz CT molecular complexity index is 540. The predicted molar refractivity (Wildman–Crippen MR) is 99.4 cm³/mol. The van der Waals surface area contributed by atoms with E-state index in [1.807, 2.05) is 40.0 Å². The van der Waals surface area contributed by atoms with Crippen molar-refractivity contribution in [1.29, 1.82) is 0 Å². The highest BCUT2D eigenvalue weighted by Crippen LogP contribution is 2.16. The minimum absolute atomic E-state index is 0.00680. The van der Waals surface area contributed by atoms with Crippen LogP contribution in [-0.2, 0) is 11.3 Å². The Labute approximate surface area is 147 Å². The van der Waals surface area contributed by atoms with E-state index < -0.39 is 5.41 Å². The number of guanidine groups is 1. The Morgan fingerprint density at radius 2 is 1.91 bits per heavy atom. The van der Waals surface area contributed by atoms with Crippen LogP contribution < -0.4 is 10.6 Å². The summed E-state index contributed by atoms with van der Waals surface area (Å²) in [7, 11) is 3.65. The lowest BCUT2D eigenvalue weighted by atomic mass is 9.93. The smallest absolute Gasteiger partial charge is 0.227 e. The van der Waals surface area contributed by atoms with Gasteiger partial charge in [0, 0.05) is 31.7 Å². The number of hydrogen-bond donors (Lipinski definition) is 2. The molecule has 0 atom stereocenters. The number of nitrogens with zero attached hydrogens (tertiary/aromatic N) is 2. The fourth-order valence-electron chi connectivity index (χ4n) is 2.09. The summed E-state index contributed by atoms with van der Waals surface area (Å²) in [4.78, 5) is 18.6. The molecule has 0 unspecified atom stereocenters. The molecule has 0 bridgehead atoms. The lowest BCUT2D eigenvalue weighted by Crippen LogP contribution is -2.41.